The molecule has 0 bridgehead atoms. The number of carbonyl (C=O) groups is 3. The fourth-order valence-electron chi connectivity index (χ4n) is 2.84. The Balaban J connectivity index is 2.25. The first-order valence-electron chi connectivity index (χ1n) is 9.47. The van der Waals surface area contributed by atoms with Crippen molar-refractivity contribution < 1.29 is 23.9 Å². The third-order valence-electron chi connectivity index (χ3n) is 4.36. The first kappa shape index (κ1) is 22.9. The van der Waals surface area contributed by atoms with Crippen LogP contribution in [-0.4, -0.2) is 64.2 Å². The summed E-state index contributed by atoms with van der Waals surface area (Å²) in [6.07, 6.45) is 7.29. The van der Waals surface area contributed by atoms with Gasteiger partial charge in [-0.2, -0.15) is 0 Å². The molecule has 1 aromatic rings. The monoisotopic (exact) mass is 413 g/mol. The Bertz CT molecular complexity index is 869. The van der Waals surface area contributed by atoms with E-state index in [1.807, 2.05) is 14.1 Å². The molecule has 1 aliphatic rings. The van der Waals surface area contributed by atoms with Gasteiger partial charge < -0.3 is 24.6 Å². The largest absolute Gasteiger partial charge is 0.465 e. The number of nitrogens with one attached hydrogen (secondary N) is 1. The first-order chi connectivity index (χ1) is 14.4. The van der Waals surface area contributed by atoms with Crippen LogP contribution in [0.25, 0.3) is 0 Å². The van der Waals surface area contributed by atoms with Crippen LogP contribution in [0.2, 0.25) is 0 Å². The number of hydrogen-bond donors (Lipinski definition) is 1. The zero-order chi connectivity index (χ0) is 22.1. The molecular formula is C22H27N3O5. The molecule has 30 heavy (non-hydrogen) atoms. The molecule has 8 nitrogen and oxygen atoms in total. The second-order valence-electron chi connectivity index (χ2n) is 6.78. The van der Waals surface area contributed by atoms with Crippen LogP contribution in [0.1, 0.15) is 16.8 Å². The molecule has 0 saturated carbocycles. The van der Waals surface area contributed by atoms with Gasteiger partial charge in [0.15, 0.2) is 0 Å². The maximum atomic E-state index is 12.4. The topological polar surface area (TPSA) is 88.2 Å². The van der Waals surface area contributed by atoms with E-state index in [1.54, 1.807) is 42.6 Å². The van der Waals surface area contributed by atoms with Gasteiger partial charge in [0.2, 0.25) is 0 Å². The van der Waals surface area contributed by atoms with Crippen LogP contribution in [0.3, 0.4) is 0 Å². The fourth-order valence-corrected chi connectivity index (χ4v) is 2.84. The Morgan fingerprint density at radius 3 is 2.27 bits per heavy atom. The van der Waals surface area contributed by atoms with Crippen molar-refractivity contribution >= 4 is 23.5 Å². The van der Waals surface area contributed by atoms with E-state index < -0.39 is 11.9 Å². The fraction of sp³-hybridized carbons (Fsp3) is 0.318. The summed E-state index contributed by atoms with van der Waals surface area (Å²) < 4.78 is 9.67. The van der Waals surface area contributed by atoms with Crippen LogP contribution in [0, 0.1) is 0 Å². The van der Waals surface area contributed by atoms with Crippen LogP contribution in [0.15, 0.2) is 60.0 Å². The van der Waals surface area contributed by atoms with Gasteiger partial charge in [0.1, 0.15) is 5.70 Å². The van der Waals surface area contributed by atoms with Gasteiger partial charge in [0.25, 0.3) is 5.91 Å². The standard InChI is InChI=1S/C22H27N3O5/c1-24(2)14-7-13-23-20(26)16-9-11-17(12-10-16)25-15-6-5-8-18(21(27)29-3)19(25)22(28)30-4/h5-6,8-12,15H,7,13-14H2,1-4H3,(H,23,26). The van der Waals surface area contributed by atoms with Gasteiger partial charge in [-0.15, -0.1) is 0 Å². The number of esters is 2. The molecule has 1 aromatic carbocycles. The summed E-state index contributed by atoms with van der Waals surface area (Å²) >= 11 is 0. The predicted octanol–water partition coefficient (Wildman–Crippen LogP) is 1.86. The van der Waals surface area contributed by atoms with Gasteiger partial charge in [-0.25, -0.2) is 9.59 Å². The summed E-state index contributed by atoms with van der Waals surface area (Å²) in [6.45, 7) is 1.47. The molecule has 8 heteroatoms. The number of hydrogen-bond acceptors (Lipinski definition) is 7. The highest BCUT2D eigenvalue weighted by Crippen LogP contribution is 2.26. The molecule has 1 aliphatic heterocycles. The second kappa shape index (κ2) is 11.0. The third-order valence-corrected chi connectivity index (χ3v) is 4.36. The number of nitrogens with zero attached hydrogens (tertiary/aromatic N) is 2. The molecule has 2 rings (SSSR count). The molecule has 0 fully saturated rings. The normalized spacial score (nSPS) is 13.3. The molecule has 0 atom stereocenters. The van der Waals surface area contributed by atoms with Gasteiger partial charge in [-0.1, -0.05) is 6.08 Å². The zero-order valence-electron chi connectivity index (χ0n) is 17.7. The van der Waals surface area contributed by atoms with Crippen molar-refractivity contribution in [1.82, 2.24) is 10.2 Å². The lowest BCUT2D eigenvalue weighted by atomic mass is 10.1. The number of anilines is 1. The van der Waals surface area contributed by atoms with Crippen LogP contribution >= 0.6 is 0 Å². The van der Waals surface area contributed by atoms with Gasteiger partial charge in [-0.05, 0) is 63.5 Å². The van der Waals surface area contributed by atoms with E-state index in [9.17, 15) is 14.4 Å². The number of amides is 1. The molecule has 0 spiro atoms. The Hall–Kier alpha value is -3.39. The lowest BCUT2D eigenvalue weighted by molar-refractivity contribution is -0.139. The molecule has 0 saturated heterocycles. The van der Waals surface area contributed by atoms with Gasteiger partial charge in [0.05, 0.1) is 19.8 Å². The lowest BCUT2D eigenvalue weighted by Gasteiger charge is -2.23. The quantitative estimate of drug-likeness (QED) is 0.514. The summed E-state index contributed by atoms with van der Waals surface area (Å²) in [5.41, 5.74) is 1.17. The molecule has 0 aromatic heterocycles. The SMILES string of the molecule is COC(=O)C1=C(C(=O)OC)N(c2ccc(C(=O)NCCCN(C)C)cc2)C=CC=C1. The van der Waals surface area contributed by atoms with Crippen LogP contribution < -0.4 is 10.2 Å². The van der Waals surface area contributed by atoms with E-state index in [0.29, 0.717) is 17.8 Å². The highest BCUT2D eigenvalue weighted by Gasteiger charge is 2.27. The Kier molecular flexibility index (Phi) is 8.37. The number of methoxy groups -OCH3 is 2. The minimum atomic E-state index is -0.686. The number of benzene rings is 1. The summed E-state index contributed by atoms with van der Waals surface area (Å²) in [6, 6.07) is 6.72. The Morgan fingerprint density at radius 2 is 1.67 bits per heavy atom. The van der Waals surface area contributed by atoms with Crippen molar-refractivity contribution in [3.05, 3.63) is 65.5 Å². The minimum absolute atomic E-state index is 0.0234. The Labute approximate surface area is 176 Å². The summed E-state index contributed by atoms with van der Waals surface area (Å²) in [5, 5.41) is 2.88. The van der Waals surface area contributed by atoms with Crippen molar-refractivity contribution in [2.24, 2.45) is 0 Å². The molecular weight excluding hydrogens is 386 g/mol. The predicted molar refractivity (Wildman–Crippen MR) is 114 cm³/mol. The molecule has 160 valence electrons. The number of rotatable bonds is 8. The third kappa shape index (κ3) is 5.81. The average molecular weight is 413 g/mol. The van der Waals surface area contributed by atoms with E-state index >= 15 is 0 Å². The van der Waals surface area contributed by atoms with Gasteiger partial charge >= 0.3 is 11.9 Å². The van der Waals surface area contributed by atoms with E-state index in [2.05, 4.69) is 10.2 Å². The zero-order valence-corrected chi connectivity index (χ0v) is 17.7. The average Bonchev–Trinajstić information content (AvgIpc) is 2.98. The highest BCUT2D eigenvalue weighted by molar-refractivity contribution is 6.05. The van der Waals surface area contributed by atoms with Crippen molar-refractivity contribution in [3.63, 3.8) is 0 Å². The van der Waals surface area contributed by atoms with E-state index in [1.165, 1.54) is 25.2 Å². The summed E-state index contributed by atoms with van der Waals surface area (Å²) in [4.78, 5) is 40.5. The highest BCUT2D eigenvalue weighted by atomic mass is 16.5. The van der Waals surface area contributed by atoms with Crippen molar-refractivity contribution in [3.8, 4) is 0 Å². The maximum absolute atomic E-state index is 12.4. The Morgan fingerprint density at radius 1 is 1.00 bits per heavy atom. The number of ether oxygens (including phenoxy) is 2. The molecule has 1 heterocycles. The van der Waals surface area contributed by atoms with E-state index in [0.717, 1.165) is 13.0 Å². The van der Waals surface area contributed by atoms with Crippen molar-refractivity contribution in [2.45, 2.75) is 6.42 Å². The van der Waals surface area contributed by atoms with E-state index in [4.69, 9.17) is 9.47 Å². The molecule has 0 aliphatic carbocycles. The first-order valence-corrected chi connectivity index (χ1v) is 9.47. The lowest BCUT2D eigenvalue weighted by Crippen LogP contribution is -2.28. The van der Waals surface area contributed by atoms with Crippen LogP contribution in [0.5, 0.6) is 0 Å². The number of carbonyl (C=O) groups excluding carboxylic acids is 3. The summed E-state index contributed by atoms with van der Waals surface area (Å²) in [5.74, 6) is -1.52. The molecule has 0 radical (unpaired) electrons. The van der Waals surface area contributed by atoms with Crippen molar-refractivity contribution in [2.75, 3.05) is 46.3 Å². The smallest absolute Gasteiger partial charge is 0.355 e. The van der Waals surface area contributed by atoms with Gasteiger partial charge in [0, 0.05) is 24.0 Å². The maximum Gasteiger partial charge on any atom is 0.355 e. The summed E-state index contributed by atoms with van der Waals surface area (Å²) in [7, 11) is 6.45. The van der Waals surface area contributed by atoms with Crippen molar-refractivity contribution in [1.29, 1.82) is 0 Å². The van der Waals surface area contributed by atoms with Gasteiger partial charge in [-0.3, -0.25) is 4.79 Å². The van der Waals surface area contributed by atoms with Crippen LogP contribution in [-0.2, 0) is 19.1 Å². The van der Waals surface area contributed by atoms with Crippen LogP contribution in [0.4, 0.5) is 5.69 Å². The number of allylic oxidation sites excluding steroid dienone is 2. The minimum Gasteiger partial charge on any atom is -0.465 e. The molecule has 0 unspecified atom stereocenters. The second-order valence-corrected chi connectivity index (χ2v) is 6.78. The van der Waals surface area contributed by atoms with E-state index in [-0.39, 0.29) is 17.2 Å². The molecule has 1 N–H and O–H groups in total. The molecule has 1 amide bonds.